The molecule has 0 radical (unpaired) electrons. The Morgan fingerprint density at radius 2 is 2.28 bits per heavy atom. The van der Waals surface area contributed by atoms with Crippen LogP contribution in [0.3, 0.4) is 0 Å². The highest BCUT2D eigenvalue weighted by Gasteiger charge is 2.35. The maximum atomic E-state index is 12.0. The van der Waals surface area contributed by atoms with Gasteiger partial charge in [-0.05, 0) is 12.8 Å². The number of aliphatic carboxylic acids is 1. The van der Waals surface area contributed by atoms with Crippen LogP contribution in [0.15, 0.2) is 11.4 Å². The third-order valence-corrected chi connectivity index (χ3v) is 3.69. The zero-order valence-corrected chi connectivity index (χ0v) is 10.1. The normalized spacial score (nSPS) is 18.9. The van der Waals surface area contributed by atoms with Crippen molar-refractivity contribution in [3.05, 3.63) is 27.1 Å². The molecule has 0 aliphatic carbocycles. The first-order valence-corrected chi connectivity index (χ1v) is 6.15. The third kappa shape index (κ3) is 2.19. The first-order valence-electron chi connectivity index (χ1n) is 5.27. The average molecular weight is 270 g/mol. The SMILES string of the molecule is O=C(O)[C@H]1CCCN1C(=O)c1csc([N+](=O)[O-])c1. The van der Waals surface area contributed by atoms with E-state index in [2.05, 4.69) is 0 Å². The Morgan fingerprint density at radius 3 is 2.83 bits per heavy atom. The molecule has 1 aliphatic heterocycles. The van der Waals surface area contributed by atoms with Crippen molar-refractivity contribution in [1.82, 2.24) is 4.90 Å². The van der Waals surface area contributed by atoms with E-state index in [0.29, 0.717) is 19.4 Å². The number of thiophene rings is 1. The smallest absolute Gasteiger partial charge is 0.326 e. The minimum atomic E-state index is -1.04. The summed E-state index contributed by atoms with van der Waals surface area (Å²) in [6.45, 7) is 0.374. The standard InChI is InChI=1S/C10H10N2O5S/c13-9(6-4-8(12(16)17)18-5-6)11-3-1-2-7(11)10(14)15/h4-5,7H,1-3H2,(H,14,15)/t7-/m1/s1. The van der Waals surface area contributed by atoms with E-state index < -0.39 is 22.8 Å². The third-order valence-electron chi connectivity index (χ3n) is 2.81. The highest BCUT2D eigenvalue weighted by molar-refractivity contribution is 7.13. The second-order valence-electron chi connectivity index (χ2n) is 3.93. The van der Waals surface area contributed by atoms with Gasteiger partial charge in [0.2, 0.25) is 0 Å². The molecule has 0 unspecified atom stereocenters. The molecule has 1 saturated heterocycles. The Hall–Kier alpha value is -1.96. The van der Waals surface area contributed by atoms with Crippen molar-refractivity contribution in [2.75, 3.05) is 6.54 Å². The summed E-state index contributed by atoms with van der Waals surface area (Å²) >= 11 is 0.860. The molecule has 8 heteroatoms. The summed E-state index contributed by atoms with van der Waals surface area (Å²) in [7, 11) is 0. The van der Waals surface area contributed by atoms with Crippen molar-refractivity contribution < 1.29 is 19.6 Å². The molecule has 7 nitrogen and oxygen atoms in total. The molecule has 1 aliphatic rings. The number of carbonyl (C=O) groups excluding carboxylic acids is 1. The lowest BCUT2D eigenvalue weighted by atomic mass is 10.2. The predicted octanol–water partition coefficient (Wildman–Crippen LogP) is 1.35. The predicted molar refractivity (Wildman–Crippen MR) is 62.7 cm³/mol. The second kappa shape index (κ2) is 4.73. The number of hydrogen-bond acceptors (Lipinski definition) is 5. The quantitative estimate of drug-likeness (QED) is 0.659. The highest BCUT2D eigenvalue weighted by atomic mass is 32.1. The maximum Gasteiger partial charge on any atom is 0.326 e. The Kier molecular flexibility index (Phi) is 3.28. The van der Waals surface area contributed by atoms with Crippen LogP contribution in [0.1, 0.15) is 23.2 Å². The number of carboxylic acids is 1. The van der Waals surface area contributed by atoms with Crippen molar-refractivity contribution in [3.63, 3.8) is 0 Å². The highest BCUT2D eigenvalue weighted by Crippen LogP contribution is 2.26. The van der Waals surface area contributed by atoms with E-state index in [0.717, 1.165) is 11.3 Å². The monoisotopic (exact) mass is 270 g/mol. The number of carboxylic acid groups (broad SMARTS) is 1. The summed E-state index contributed by atoms with van der Waals surface area (Å²) in [5, 5.41) is 20.8. The van der Waals surface area contributed by atoms with Crippen molar-refractivity contribution in [2.24, 2.45) is 0 Å². The largest absolute Gasteiger partial charge is 0.480 e. The maximum absolute atomic E-state index is 12.0. The number of nitrogens with zero attached hydrogens (tertiary/aromatic N) is 2. The van der Waals surface area contributed by atoms with Gasteiger partial charge in [-0.1, -0.05) is 11.3 Å². The molecule has 0 saturated carbocycles. The van der Waals surface area contributed by atoms with Crippen molar-refractivity contribution in [1.29, 1.82) is 0 Å². The summed E-state index contributed by atoms with van der Waals surface area (Å²) in [5.74, 6) is -1.49. The van der Waals surface area contributed by atoms with Crippen molar-refractivity contribution in [3.8, 4) is 0 Å². The molecular formula is C10H10N2O5S. The van der Waals surface area contributed by atoms with E-state index in [-0.39, 0.29) is 10.6 Å². The van der Waals surface area contributed by atoms with Gasteiger partial charge in [-0.25, -0.2) is 4.79 Å². The van der Waals surface area contributed by atoms with Gasteiger partial charge in [0.15, 0.2) is 0 Å². The van der Waals surface area contributed by atoms with Gasteiger partial charge in [-0.15, -0.1) is 0 Å². The zero-order chi connectivity index (χ0) is 13.3. The molecule has 1 N–H and O–H groups in total. The molecule has 1 aromatic heterocycles. The van der Waals surface area contributed by atoms with Crippen LogP contribution in [-0.4, -0.2) is 39.4 Å². The van der Waals surface area contributed by atoms with Gasteiger partial charge in [0.25, 0.3) is 5.91 Å². The Labute approximate surface area is 106 Å². The summed E-state index contributed by atoms with van der Waals surface area (Å²) in [6.07, 6.45) is 1.06. The lowest BCUT2D eigenvalue weighted by Crippen LogP contribution is -2.40. The number of hydrogen-bond donors (Lipinski definition) is 1. The Bertz CT molecular complexity index is 512. The number of rotatable bonds is 3. The number of amides is 1. The van der Waals surface area contributed by atoms with Gasteiger partial charge < -0.3 is 10.0 Å². The van der Waals surface area contributed by atoms with Crippen LogP contribution in [0.5, 0.6) is 0 Å². The molecule has 2 rings (SSSR count). The van der Waals surface area contributed by atoms with Crippen LogP contribution in [-0.2, 0) is 4.79 Å². The van der Waals surface area contributed by atoms with E-state index >= 15 is 0 Å². The number of nitro groups is 1. The first-order chi connectivity index (χ1) is 8.50. The van der Waals surface area contributed by atoms with Crippen LogP contribution in [0.4, 0.5) is 5.00 Å². The topological polar surface area (TPSA) is 101 Å². The fourth-order valence-corrected chi connectivity index (χ4v) is 2.66. The fourth-order valence-electron chi connectivity index (χ4n) is 1.97. The molecule has 1 aromatic rings. The van der Waals surface area contributed by atoms with E-state index in [9.17, 15) is 19.7 Å². The van der Waals surface area contributed by atoms with Crippen molar-refractivity contribution >= 4 is 28.2 Å². The van der Waals surface area contributed by atoms with Gasteiger partial charge in [0, 0.05) is 18.0 Å². The van der Waals surface area contributed by atoms with Crippen LogP contribution in [0.2, 0.25) is 0 Å². The van der Waals surface area contributed by atoms with Gasteiger partial charge in [0.05, 0.1) is 10.5 Å². The summed E-state index contributed by atoms with van der Waals surface area (Å²) in [4.78, 5) is 34.2. The number of carbonyl (C=O) groups is 2. The molecule has 0 aromatic carbocycles. The molecule has 96 valence electrons. The average Bonchev–Trinajstić information content (AvgIpc) is 2.97. The van der Waals surface area contributed by atoms with Crippen LogP contribution >= 0.6 is 11.3 Å². The zero-order valence-electron chi connectivity index (χ0n) is 9.24. The van der Waals surface area contributed by atoms with E-state index in [1.807, 2.05) is 0 Å². The minimum Gasteiger partial charge on any atom is -0.480 e. The number of likely N-dealkylation sites (tertiary alicyclic amines) is 1. The van der Waals surface area contributed by atoms with E-state index in [1.54, 1.807) is 0 Å². The van der Waals surface area contributed by atoms with E-state index in [4.69, 9.17) is 5.11 Å². The van der Waals surface area contributed by atoms with Gasteiger partial charge >= 0.3 is 11.0 Å². The van der Waals surface area contributed by atoms with Gasteiger partial charge in [0.1, 0.15) is 6.04 Å². The second-order valence-corrected chi connectivity index (χ2v) is 4.82. The Morgan fingerprint density at radius 1 is 1.56 bits per heavy atom. The summed E-state index contributed by atoms with van der Waals surface area (Å²) in [5.41, 5.74) is 0.180. The van der Waals surface area contributed by atoms with Crippen LogP contribution < -0.4 is 0 Å². The molecule has 1 fully saturated rings. The summed E-state index contributed by atoms with van der Waals surface area (Å²) in [6, 6.07) is 0.362. The molecule has 1 atom stereocenters. The van der Waals surface area contributed by atoms with Gasteiger partial charge in [-0.3, -0.25) is 14.9 Å². The van der Waals surface area contributed by atoms with Gasteiger partial charge in [-0.2, -0.15) is 0 Å². The molecule has 2 heterocycles. The fraction of sp³-hybridized carbons (Fsp3) is 0.400. The lowest BCUT2D eigenvalue weighted by molar-refractivity contribution is -0.380. The molecule has 18 heavy (non-hydrogen) atoms. The molecule has 1 amide bonds. The van der Waals surface area contributed by atoms with Crippen LogP contribution in [0, 0.1) is 10.1 Å². The summed E-state index contributed by atoms with van der Waals surface area (Å²) < 4.78 is 0. The van der Waals surface area contributed by atoms with Crippen molar-refractivity contribution in [2.45, 2.75) is 18.9 Å². The molecule has 0 bridgehead atoms. The first kappa shape index (κ1) is 12.5. The minimum absolute atomic E-state index is 0.121. The molecular weight excluding hydrogens is 260 g/mol. The van der Waals surface area contributed by atoms with Crippen LogP contribution in [0.25, 0.3) is 0 Å². The Balaban J connectivity index is 2.20. The molecule has 0 spiro atoms. The van der Waals surface area contributed by atoms with E-state index in [1.165, 1.54) is 16.3 Å². The lowest BCUT2D eigenvalue weighted by Gasteiger charge is -2.20.